The third-order valence-corrected chi connectivity index (χ3v) is 6.54. The highest BCUT2D eigenvalue weighted by Gasteiger charge is 2.20. The topological polar surface area (TPSA) is 54.9 Å². The molecule has 2 heterocycles. The van der Waals surface area contributed by atoms with E-state index in [1.165, 1.54) is 16.6 Å². The van der Waals surface area contributed by atoms with Gasteiger partial charge in [0.15, 0.2) is 0 Å². The van der Waals surface area contributed by atoms with E-state index < -0.39 is 0 Å². The molecule has 3 aromatic rings. The van der Waals surface area contributed by atoms with Crippen LogP contribution in [0.3, 0.4) is 0 Å². The molecule has 1 aromatic carbocycles. The third kappa shape index (κ3) is 3.92. The molecule has 1 N–H and O–H groups in total. The first-order valence-electron chi connectivity index (χ1n) is 7.50. The number of benzene rings is 1. The van der Waals surface area contributed by atoms with Gasteiger partial charge in [-0.05, 0) is 44.5 Å². The zero-order valence-corrected chi connectivity index (χ0v) is 16.9. The highest BCUT2D eigenvalue weighted by molar-refractivity contribution is 8.00. The van der Waals surface area contributed by atoms with E-state index in [-0.39, 0.29) is 11.2 Å². The molecule has 2 aromatic heterocycles. The van der Waals surface area contributed by atoms with E-state index in [1.807, 2.05) is 6.92 Å². The van der Waals surface area contributed by atoms with Gasteiger partial charge in [-0.15, -0.1) is 11.3 Å². The molecule has 0 aliphatic rings. The van der Waals surface area contributed by atoms with Crippen LogP contribution in [0.4, 0.5) is 5.69 Å². The Kier molecular flexibility index (Phi) is 5.53. The first kappa shape index (κ1) is 18.5. The van der Waals surface area contributed by atoms with Crippen molar-refractivity contribution in [3.8, 4) is 0 Å². The number of fused-ring (bicyclic) bond motifs is 1. The van der Waals surface area contributed by atoms with Gasteiger partial charge in [-0.1, -0.05) is 35.0 Å². The van der Waals surface area contributed by atoms with Crippen LogP contribution in [0.5, 0.6) is 0 Å². The zero-order valence-electron chi connectivity index (χ0n) is 13.8. The largest absolute Gasteiger partial charge is 0.324 e. The van der Waals surface area contributed by atoms with Crippen molar-refractivity contribution in [2.24, 2.45) is 0 Å². The Morgan fingerprint density at radius 1 is 1.28 bits per heavy atom. The molecule has 0 fully saturated rings. The molecular weight excluding hydrogens is 397 g/mol. The summed E-state index contributed by atoms with van der Waals surface area (Å²) in [7, 11) is 0. The van der Waals surface area contributed by atoms with Gasteiger partial charge in [-0.3, -0.25) is 4.79 Å². The fraction of sp³-hybridized carbons (Fsp3) is 0.235. The number of halogens is 2. The molecule has 3 rings (SSSR count). The van der Waals surface area contributed by atoms with E-state index in [1.54, 1.807) is 35.9 Å². The van der Waals surface area contributed by atoms with E-state index in [4.69, 9.17) is 23.2 Å². The highest BCUT2D eigenvalue weighted by atomic mass is 35.5. The second-order valence-electron chi connectivity index (χ2n) is 5.52. The van der Waals surface area contributed by atoms with E-state index in [9.17, 15) is 4.79 Å². The molecule has 25 heavy (non-hydrogen) atoms. The van der Waals surface area contributed by atoms with Crippen LogP contribution in [-0.2, 0) is 4.79 Å². The SMILES string of the molecule is Cc1sc2ncnc(SC(C)C(=O)Nc3ccc(Cl)cc3Cl)c2c1C. The van der Waals surface area contributed by atoms with Crippen molar-refractivity contribution in [1.82, 2.24) is 9.97 Å². The van der Waals surface area contributed by atoms with Gasteiger partial charge in [0.2, 0.25) is 5.91 Å². The maximum absolute atomic E-state index is 12.5. The first-order valence-corrected chi connectivity index (χ1v) is 9.95. The molecule has 0 saturated heterocycles. The maximum atomic E-state index is 12.5. The van der Waals surface area contributed by atoms with Gasteiger partial charge in [-0.25, -0.2) is 9.97 Å². The number of anilines is 1. The van der Waals surface area contributed by atoms with Gasteiger partial charge < -0.3 is 5.32 Å². The van der Waals surface area contributed by atoms with Crippen molar-refractivity contribution in [2.45, 2.75) is 31.0 Å². The van der Waals surface area contributed by atoms with Gasteiger partial charge in [0, 0.05) is 15.3 Å². The van der Waals surface area contributed by atoms with Crippen molar-refractivity contribution in [2.75, 3.05) is 5.32 Å². The number of nitrogens with zero attached hydrogens (tertiary/aromatic N) is 2. The Morgan fingerprint density at radius 3 is 2.76 bits per heavy atom. The van der Waals surface area contributed by atoms with Crippen molar-refractivity contribution >= 4 is 68.1 Å². The maximum Gasteiger partial charge on any atom is 0.237 e. The lowest BCUT2D eigenvalue weighted by atomic mass is 10.2. The number of aromatic nitrogens is 2. The number of rotatable bonds is 4. The van der Waals surface area contributed by atoms with Gasteiger partial charge in [0.05, 0.1) is 16.0 Å². The smallest absolute Gasteiger partial charge is 0.237 e. The van der Waals surface area contributed by atoms with E-state index in [0.717, 1.165) is 20.8 Å². The van der Waals surface area contributed by atoms with E-state index >= 15 is 0 Å². The number of nitrogens with one attached hydrogen (secondary N) is 1. The minimum Gasteiger partial charge on any atom is -0.324 e. The molecule has 0 aliphatic carbocycles. The van der Waals surface area contributed by atoms with E-state index in [2.05, 4.69) is 29.1 Å². The molecule has 130 valence electrons. The lowest BCUT2D eigenvalue weighted by molar-refractivity contribution is -0.115. The number of amides is 1. The van der Waals surface area contributed by atoms with E-state index in [0.29, 0.717) is 15.7 Å². The third-order valence-electron chi connectivity index (χ3n) is 3.78. The highest BCUT2D eigenvalue weighted by Crippen LogP contribution is 2.36. The van der Waals surface area contributed by atoms with Crippen LogP contribution >= 0.6 is 46.3 Å². The summed E-state index contributed by atoms with van der Waals surface area (Å²) in [6.45, 7) is 5.96. The monoisotopic (exact) mass is 411 g/mol. The fourth-order valence-electron chi connectivity index (χ4n) is 2.29. The lowest BCUT2D eigenvalue weighted by Crippen LogP contribution is -2.22. The van der Waals surface area contributed by atoms with Crippen LogP contribution in [0, 0.1) is 13.8 Å². The predicted octanol–water partition coefficient (Wildman–Crippen LogP) is 5.73. The second kappa shape index (κ2) is 7.50. The first-order chi connectivity index (χ1) is 11.9. The van der Waals surface area contributed by atoms with Crippen LogP contribution in [0.1, 0.15) is 17.4 Å². The number of carbonyl (C=O) groups is 1. The Balaban J connectivity index is 1.80. The number of carbonyl (C=O) groups excluding carboxylic acids is 1. The fourth-order valence-corrected chi connectivity index (χ4v) is 4.78. The molecule has 1 atom stereocenters. The van der Waals surface area contributed by atoms with Crippen LogP contribution in [0.2, 0.25) is 10.0 Å². The van der Waals surface area contributed by atoms with Gasteiger partial charge >= 0.3 is 0 Å². The molecule has 1 unspecified atom stereocenters. The Hall–Kier alpha value is -1.34. The van der Waals surface area contributed by atoms with Crippen LogP contribution in [-0.4, -0.2) is 21.1 Å². The quantitative estimate of drug-likeness (QED) is 0.439. The zero-order chi connectivity index (χ0) is 18.1. The molecule has 8 heteroatoms. The molecule has 1 amide bonds. The molecule has 0 spiro atoms. The lowest BCUT2D eigenvalue weighted by Gasteiger charge is -2.13. The minimum atomic E-state index is -0.343. The standard InChI is InChI=1S/C17H15Cl2N3OS2/c1-8-9(2)24-16-14(8)17(21-7-20-16)25-10(3)15(23)22-13-5-4-11(18)6-12(13)19/h4-7,10H,1-3H3,(H,22,23). The molecule has 4 nitrogen and oxygen atoms in total. The normalized spacial score (nSPS) is 12.4. The number of hydrogen-bond donors (Lipinski definition) is 1. The van der Waals surface area contributed by atoms with Crippen LogP contribution in [0.15, 0.2) is 29.6 Å². The average Bonchev–Trinajstić information content (AvgIpc) is 2.85. The summed E-state index contributed by atoms with van der Waals surface area (Å²) >= 11 is 15.0. The summed E-state index contributed by atoms with van der Waals surface area (Å²) in [5.74, 6) is -0.148. The van der Waals surface area contributed by atoms with Crippen molar-refractivity contribution in [3.05, 3.63) is 45.0 Å². The van der Waals surface area contributed by atoms with Crippen LogP contribution in [0.25, 0.3) is 10.2 Å². The van der Waals surface area contributed by atoms with Gasteiger partial charge in [0.25, 0.3) is 0 Å². The Morgan fingerprint density at radius 2 is 2.04 bits per heavy atom. The Labute approximate surface area is 164 Å². The summed E-state index contributed by atoms with van der Waals surface area (Å²) in [5, 5.41) is 5.27. The summed E-state index contributed by atoms with van der Waals surface area (Å²) < 4.78 is 0. The molecule has 0 aliphatic heterocycles. The molecule has 0 saturated carbocycles. The number of thioether (sulfide) groups is 1. The van der Waals surface area contributed by atoms with Crippen LogP contribution < -0.4 is 5.32 Å². The number of aryl methyl sites for hydroxylation is 2. The van der Waals surface area contributed by atoms with Crippen molar-refractivity contribution in [1.29, 1.82) is 0 Å². The predicted molar refractivity (Wildman–Crippen MR) is 107 cm³/mol. The summed E-state index contributed by atoms with van der Waals surface area (Å²) in [6.07, 6.45) is 1.54. The summed E-state index contributed by atoms with van der Waals surface area (Å²) in [6, 6.07) is 4.98. The molecule has 0 bridgehead atoms. The number of thiophene rings is 1. The molecular formula is C17H15Cl2N3OS2. The molecule has 0 radical (unpaired) electrons. The van der Waals surface area contributed by atoms with Gasteiger partial charge in [-0.2, -0.15) is 0 Å². The van der Waals surface area contributed by atoms with Crippen molar-refractivity contribution in [3.63, 3.8) is 0 Å². The Bertz CT molecular complexity index is 958. The van der Waals surface area contributed by atoms with Crippen molar-refractivity contribution < 1.29 is 4.79 Å². The number of hydrogen-bond acceptors (Lipinski definition) is 5. The second-order valence-corrected chi connectivity index (χ2v) is 8.89. The minimum absolute atomic E-state index is 0.148. The van der Waals surface area contributed by atoms with Gasteiger partial charge in [0.1, 0.15) is 16.2 Å². The average molecular weight is 412 g/mol. The summed E-state index contributed by atoms with van der Waals surface area (Å²) in [4.78, 5) is 23.4. The summed E-state index contributed by atoms with van der Waals surface area (Å²) in [5.41, 5.74) is 1.70.